The monoisotopic (exact) mass is 319 g/mol. The van der Waals surface area contributed by atoms with E-state index in [1.807, 2.05) is 56.3 Å². The Morgan fingerprint density at radius 1 is 1.08 bits per heavy atom. The van der Waals surface area contributed by atoms with Crippen LogP contribution < -0.4 is 11.5 Å². The van der Waals surface area contributed by atoms with E-state index in [2.05, 4.69) is 4.98 Å². The predicted molar refractivity (Wildman–Crippen MR) is 97.3 cm³/mol. The molecule has 122 valence electrons. The van der Waals surface area contributed by atoms with Crippen LogP contribution in [0.15, 0.2) is 54.9 Å². The first-order valence-corrected chi connectivity index (χ1v) is 7.90. The summed E-state index contributed by atoms with van der Waals surface area (Å²) < 4.78 is 0. The Hall–Kier alpha value is -2.72. The van der Waals surface area contributed by atoms with Crippen molar-refractivity contribution in [2.24, 2.45) is 11.5 Å². The molecule has 1 aromatic heterocycles. The lowest BCUT2D eigenvalue weighted by Gasteiger charge is -2.20. The van der Waals surface area contributed by atoms with Crippen molar-refractivity contribution in [3.05, 3.63) is 66.0 Å². The van der Waals surface area contributed by atoms with Gasteiger partial charge in [0.1, 0.15) is 0 Å². The number of pyridine rings is 1. The van der Waals surface area contributed by atoms with Crippen LogP contribution in [0.3, 0.4) is 0 Å². The van der Waals surface area contributed by atoms with Gasteiger partial charge in [0.2, 0.25) is 5.91 Å². The number of aromatic nitrogens is 1. The number of primary amides is 1. The lowest BCUT2D eigenvalue weighted by atomic mass is 9.90. The van der Waals surface area contributed by atoms with Crippen LogP contribution in [0.1, 0.15) is 25.0 Å². The number of carbonyl (C=O) groups excluding carboxylic acids is 1. The Bertz CT molecular complexity index is 893. The van der Waals surface area contributed by atoms with Crippen molar-refractivity contribution < 1.29 is 4.79 Å². The Labute approximate surface area is 141 Å². The summed E-state index contributed by atoms with van der Waals surface area (Å²) in [5.41, 5.74) is 15.3. The third-order valence-electron chi connectivity index (χ3n) is 4.22. The highest BCUT2D eigenvalue weighted by molar-refractivity contribution is 5.95. The molecule has 0 atom stereocenters. The minimum Gasteiger partial charge on any atom is -0.369 e. The van der Waals surface area contributed by atoms with Gasteiger partial charge in [-0.2, -0.15) is 0 Å². The quantitative estimate of drug-likeness (QED) is 0.775. The zero-order valence-electron chi connectivity index (χ0n) is 13.9. The summed E-state index contributed by atoms with van der Waals surface area (Å²) in [5.74, 6) is -0.347. The number of benzene rings is 2. The van der Waals surface area contributed by atoms with Crippen molar-refractivity contribution in [1.29, 1.82) is 0 Å². The zero-order valence-corrected chi connectivity index (χ0v) is 13.9. The van der Waals surface area contributed by atoms with E-state index in [9.17, 15) is 4.79 Å². The SMILES string of the molecule is CC(C)(N)c1ccc(-c2ccc3cnccc3c2CC(N)=O)cc1. The highest BCUT2D eigenvalue weighted by Crippen LogP contribution is 2.31. The maximum Gasteiger partial charge on any atom is 0.221 e. The van der Waals surface area contributed by atoms with Gasteiger partial charge in [0.25, 0.3) is 0 Å². The third-order valence-corrected chi connectivity index (χ3v) is 4.22. The standard InChI is InChI=1S/C20H21N3O/c1-20(2,22)15-6-3-13(4-7-15)16-8-5-14-12-23-10-9-17(14)18(16)11-19(21)24/h3-10,12H,11,22H2,1-2H3,(H2,21,24). The van der Waals surface area contributed by atoms with E-state index in [-0.39, 0.29) is 17.9 Å². The van der Waals surface area contributed by atoms with E-state index in [4.69, 9.17) is 11.5 Å². The first kappa shape index (κ1) is 16.1. The predicted octanol–water partition coefficient (Wildman–Crippen LogP) is 3.12. The first-order chi connectivity index (χ1) is 11.4. The van der Waals surface area contributed by atoms with Gasteiger partial charge < -0.3 is 11.5 Å². The fraction of sp³-hybridized carbons (Fsp3) is 0.200. The van der Waals surface area contributed by atoms with Gasteiger partial charge >= 0.3 is 0 Å². The van der Waals surface area contributed by atoms with Crippen LogP contribution in [-0.4, -0.2) is 10.9 Å². The fourth-order valence-electron chi connectivity index (χ4n) is 2.95. The summed E-state index contributed by atoms with van der Waals surface area (Å²) in [6, 6.07) is 14.1. The number of nitrogens with two attached hydrogens (primary N) is 2. The summed E-state index contributed by atoms with van der Waals surface area (Å²) in [6.07, 6.45) is 3.72. The van der Waals surface area contributed by atoms with Gasteiger partial charge in [0.15, 0.2) is 0 Å². The van der Waals surface area contributed by atoms with E-state index in [0.29, 0.717) is 0 Å². The van der Waals surface area contributed by atoms with Crippen molar-refractivity contribution >= 4 is 16.7 Å². The summed E-state index contributed by atoms with van der Waals surface area (Å²) in [5, 5.41) is 2.00. The Balaban J connectivity index is 2.16. The molecule has 1 amide bonds. The average molecular weight is 319 g/mol. The molecule has 0 aliphatic carbocycles. The molecule has 24 heavy (non-hydrogen) atoms. The molecule has 0 aliphatic rings. The molecule has 0 unspecified atom stereocenters. The molecule has 4 N–H and O–H groups in total. The van der Waals surface area contributed by atoms with Gasteiger partial charge in [-0.15, -0.1) is 0 Å². The van der Waals surface area contributed by atoms with Crippen LogP contribution in [0.4, 0.5) is 0 Å². The van der Waals surface area contributed by atoms with Crippen LogP contribution in [0.25, 0.3) is 21.9 Å². The molecule has 0 saturated heterocycles. The molecule has 1 heterocycles. The third kappa shape index (κ3) is 3.14. The van der Waals surface area contributed by atoms with Crippen LogP contribution in [-0.2, 0) is 16.8 Å². The average Bonchev–Trinajstić information content (AvgIpc) is 2.54. The van der Waals surface area contributed by atoms with Crippen molar-refractivity contribution in [2.45, 2.75) is 25.8 Å². The highest BCUT2D eigenvalue weighted by Gasteiger charge is 2.15. The maximum atomic E-state index is 11.6. The van der Waals surface area contributed by atoms with Crippen LogP contribution in [0, 0.1) is 0 Å². The largest absolute Gasteiger partial charge is 0.369 e. The summed E-state index contributed by atoms with van der Waals surface area (Å²) in [4.78, 5) is 15.7. The second-order valence-electron chi connectivity index (χ2n) is 6.63. The van der Waals surface area contributed by atoms with E-state index >= 15 is 0 Å². The van der Waals surface area contributed by atoms with Crippen molar-refractivity contribution in [2.75, 3.05) is 0 Å². The number of nitrogens with zero attached hydrogens (tertiary/aromatic N) is 1. The lowest BCUT2D eigenvalue weighted by molar-refractivity contribution is -0.117. The van der Waals surface area contributed by atoms with Crippen LogP contribution >= 0.6 is 0 Å². The molecule has 3 aromatic rings. The molecular weight excluding hydrogens is 298 g/mol. The second-order valence-corrected chi connectivity index (χ2v) is 6.63. The number of amides is 1. The Morgan fingerprint density at radius 3 is 2.42 bits per heavy atom. The normalized spacial score (nSPS) is 11.6. The van der Waals surface area contributed by atoms with E-state index < -0.39 is 0 Å². The maximum absolute atomic E-state index is 11.6. The zero-order chi connectivity index (χ0) is 17.3. The molecule has 0 saturated carbocycles. The summed E-state index contributed by atoms with van der Waals surface area (Å²) in [7, 11) is 0. The minimum atomic E-state index is -0.385. The number of hydrogen-bond acceptors (Lipinski definition) is 3. The molecular formula is C20H21N3O. The topological polar surface area (TPSA) is 82.0 Å². The molecule has 4 nitrogen and oxygen atoms in total. The fourth-order valence-corrected chi connectivity index (χ4v) is 2.95. The molecule has 4 heteroatoms. The van der Waals surface area contributed by atoms with Gasteiger partial charge in [0, 0.05) is 23.3 Å². The molecule has 0 fully saturated rings. The minimum absolute atomic E-state index is 0.195. The first-order valence-electron chi connectivity index (χ1n) is 7.90. The molecule has 0 spiro atoms. The van der Waals surface area contributed by atoms with E-state index in [0.717, 1.165) is 33.0 Å². The van der Waals surface area contributed by atoms with Crippen molar-refractivity contribution in [3.63, 3.8) is 0 Å². The van der Waals surface area contributed by atoms with Gasteiger partial charge in [0.05, 0.1) is 6.42 Å². The number of fused-ring (bicyclic) bond motifs is 1. The summed E-state index contributed by atoms with van der Waals surface area (Å²) >= 11 is 0. The van der Waals surface area contributed by atoms with Crippen molar-refractivity contribution in [3.8, 4) is 11.1 Å². The number of carbonyl (C=O) groups is 1. The molecule has 0 aliphatic heterocycles. The van der Waals surface area contributed by atoms with Gasteiger partial charge in [-0.1, -0.05) is 36.4 Å². The smallest absolute Gasteiger partial charge is 0.221 e. The lowest BCUT2D eigenvalue weighted by Crippen LogP contribution is -2.28. The van der Waals surface area contributed by atoms with Gasteiger partial charge in [-0.05, 0) is 47.6 Å². The summed E-state index contributed by atoms with van der Waals surface area (Å²) in [6.45, 7) is 3.95. The van der Waals surface area contributed by atoms with Gasteiger partial charge in [-0.3, -0.25) is 9.78 Å². The molecule has 0 bridgehead atoms. The molecule has 0 radical (unpaired) electrons. The van der Waals surface area contributed by atoms with E-state index in [1.165, 1.54) is 0 Å². The highest BCUT2D eigenvalue weighted by atomic mass is 16.1. The molecule has 2 aromatic carbocycles. The molecule has 3 rings (SSSR count). The van der Waals surface area contributed by atoms with Crippen LogP contribution in [0.2, 0.25) is 0 Å². The Kier molecular flexibility index (Phi) is 4.08. The van der Waals surface area contributed by atoms with Crippen LogP contribution in [0.5, 0.6) is 0 Å². The van der Waals surface area contributed by atoms with Gasteiger partial charge in [-0.25, -0.2) is 0 Å². The number of rotatable bonds is 4. The number of hydrogen-bond donors (Lipinski definition) is 2. The Morgan fingerprint density at radius 2 is 1.79 bits per heavy atom. The van der Waals surface area contributed by atoms with Crippen molar-refractivity contribution in [1.82, 2.24) is 4.98 Å². The van der Waals surface area contributed by atoms with E-state index in [1.54, 1.807) is 12.4 Å². The second kappa shape index (κ2) is 6.06.